The number of aryl methyl sites for hydroxylation is 1. The van der Waals surface area contributed by atoms with Gasteiger partial charge in [0.2, 0.25) is 11.8 Å². The summed E-state index contributed by atoms with van der Waals surface area (Å²) in [4.78, 5) is 21.6. The van der Waals surface area contributed by atoms with Crippen molar-refractivity contribution in [3.8, 4) is 5.88 Å². The quantitative estimate of drug-likeness (QED) is 0.699. The maximum atomic E-state index is 11.0. The second kappa shape index (κ2) is 7.56. The standard InChI is InChI=1S/C13H21N3O3/c1-5-19-11-9-10(2)14-13(15-11)16(3)8-6-7-12(17)18-4/h9H,5-8H2,1-4H3. The van der Waals surface area contributed by atoms with E-state index in [0.717, 1.165) is 5.69 Å². The van der Waals surface area contributed by atoms with Gasteiger partial charge in [-0.2, -0.15) is 4.98 Å². The van der Waals surface area contributed by atoms with Crippen molar-refractivity contribution in [3.63, 3.8) is 0 Å². The maximum Gasteiger partial charge on any atom is 0.305 e. The maximum absolute atomic E-state index is 11.0. The minimum Gasteiger partial charge on any atom is -0.478 e. The predicted molar refractivity (Wildman–Crippen MR) is 72.5 cm³/mol. The smallest absolute Gasteiger partial charge is 0.305 e. The number of carbonyl (C=O) groups is 1. The van der Waals surface area contributed by atoms with Gasteiger partial charge in [0.25, 0.3) is 0 Å². The number of aromatic nitrogens is 2. The van der Waals surface area contributed by atoms with Gasteiger partial charge in [-0.15, -0.1) is 0 Å². The SMILES string of the molecule is CCOc1cc(C)nc(N(C)CCCC(=O)OC)n1. The molecule has 0 saturated carbocycles. The summed E-state index contributed by atoms with van der Waals surface area (Å²) in [6.45, 7) is 5.07. The minimum absolute atomic E-state index is 0.200. The van der Waals surface area contributed by atoms with E-state index in [0.29, 0.717) is 37.8 Å². The number of anilines is 1. The second-order valence-corrected chi connectivity index (χ2v) is 4.18. The van der Waals surface area contributed by atoms with Crippen molar-refractivity contribution in [1.82, 2.24) is 9.97 Å². The van der Waals surface area contributed by atoms with Crippen LogP contribution in [0.5, 0.6) is 5.88 Å². The van der Waals surface area contributed by atoms with Crippen LogP contribution in [0.3, 0.4) is 0 Å². The molecule has 6 nitrogen and oxygen atoms in total. The molecule has 0 saturated heterocycles. The van der Waals surface area contributed by atoms with Crippen molar-refractivity contribution in [2.24, 2.45) is 0 Å². The van der Waals surface area contributed by atoms with Gasteiger partial charge in [0.1, 0.15) is 0 Å². The summed E-state index contributed by atoms with van der Waals surface area (Å²) in [5.74, 6) is 0.978. The summed E-state index contributed by atoms with van der Waals surface area (Å²) in [5.41, 5.74) is 0.855. The molecule has 0 amide bonds. The normalized spacial score (nSPS) is 10.1. The summed E-state index contributed by atoms with van der Waals surface area (Å²) in [7, 11) is 3.28. The van der Waals surface area contributed by atoms with Gasteiger partial charge >= 0.3 is 5.97 Å². The first-order valence-corrected chi connectivity index (χ1v) is 6.33. The van der Waals surface area contributed by atoms with Gasteiger partial charge in [0.05, 0.1) is 13.7 Å². The number of rotatable bonds is 7. The van der Waals surface area contributed by atoms with Crippen LogP contribution in [0.1, 0.15) is 25.5 Å². The van der Waals surface area contributed by atoms with E-state index in [4.69, 9.17) is 4.74 Å². The number of hydrogen-bond donors (Lipinski definition) is 0. The summed E-state index contributed by atoms with van der Waals surface area (Å²) in [6.07, 6.45) is 1.09. The Kier molecular flexibility index (Phi) is 6.05. The number of ether oxygens (including phenoxy) is 2. The molecule has 0 atom stereocenters. The fourth-order valence-corrected chi connectivity index (χ4v) is 1.58. The Morgan fingerprint density at radius 2 is 2.16 bits per heavy atom. The lowest BCUT2D eigenvalue weighted by Gasteiger charge is -2.17. The average molecular weight is 267 g/mol. The van der Waals surface area contributed by atoms with Crippen LogP contribution in [0.25, 0.3) is 0 Å². The molecule has 19 heavy (non-hydrogen) atoms. The molecule has 0 fully saturated rings. The molecule has 0 spiro atoms. The van der Waals surface area contributed by atoms with E-state index in [1.54, 1.807) is 6.07 Å². The van der Waals surface area contributed by atoms with Crippen LogP contribution in [-0.2, 0) is 9.53 Å². The van der Waals surface area contributed by atoms with E-state index in [9.17, 15) is 4.79 Å². The van der Waals surface area contributed by atoms with E-state index in [1.807, 2.05) is 25.8 Å². The number of carbonyl (C=O) groups excluding carboxylic acids is 1. The van der Waals surface area contributed by atoms with E-state index in [-0.39, 0.29) is 5.97 Å². The third-order valence-corrected chi connectivity index (χ3v) is 2.55. The molecule has 106 valence electrons. The fraction of sp³-hybridized carbons (Fsp3) is 0.615. The average Bonchev–Trinajstić information content (AvgIpc) is 2.38. The Morgan fingerprint density at radius 3 is 2.79 bits per heavy atom. The first-order valence-electron chi connectivity index (χ1n) is 6.33. The van der Waals surface area contributed by atoms with Crippen LogP contribution in [0.2, 0.25) is 0 Å². The van der Waals surface area contributed by atoms with Crippen molar-refractivity contribution >= 4 is 11.9 Å². The van der Waals surface area contributed by atoms with Crippen molar-refractivity contribution in [2.45, 2.75) is 26.7 Å². The summed E-state index contributed by atoms with van der Waals surface area (Å²) in [6, 6.07) is 1.80. The highest BCUT2D eigenvalue weighted by Crippen LogP contribution is 2.14. The van der Waals surface area contributed by atoms with E-state index < -0.39 is 0 Å². The molecule has 6 heteroatoms. The molecular weight excluding hydrogens is 246 g/mol. The summed E-state index contributed by atoms with van der Waals surface area (Å²) >= 11 is 0. The molecule has 0 aliphatic heterocycles. The highest BCUT2D eigenvalue weighted by molar-refractivity contribution is 5.69. The lowest BCUT2D eigenvalue weighted by Crippen LogP contribution is -2.22. The zero-order chi connectivity index (χ0) is 14.3. The van der Waals surface area contributed by atoms with Gasteiger partial charge < -0.3 is 14.4 Å². The number of methoxy groups -OCH3 is 1. The van der Waals surface area contributed by atoms with Gasteiger partial charge in [-0.25, -0.2) is 4.98 Å². The number of hydrogen-bond acceptors (Lipinski definition) is 6. The summed E-state index contributed by atoms with van der Waals surface area (Å²) < 4.78 is 9.98. The zero-order valence-corrected chi connectivity index (χ0v) is 12.0. The molecule has 1 aromatic heterocycles. The lowest BCUT2D eigenvalue weighted by atomic mass is 10.3. The van der Waals surface area contributed by atoms with Crippen LogP contribution >= 0.6 is 0 Å². The Hall–Kier alpha value is -1.85. The number of nitrogens with zero attached hydrogens (tertiary/aromatic N) is 3. The van der Waals surface area contributed by atoms with Gasteiger partial charge in [0, 0.05) is 31.8 Å². The molecule has 0 aliphatic rings. The van der Waals surface area contributed by atoms with Crippen LogP contribution in [0, 0.1) is 6.92 Å². The summed E-state index contributed by atoms with van der Waals surface area (Å²) in [5, 5.41) is 0. The van der Waals surface area contributed by atoms with Gasteiger partial charge in [-0.3, -0.25) is 4.79 Å². The van der Waals surface area contributed by atoms with Crippen molar-refractivity contribution in [1.29, 1.82) is 0 Å². The molecule has 0 N–H and O–H groups in total. The monoisotopic (exact) mass is 267 g/mol. The molecule has 1 heterocycles. The van der Waals surface area contributed by atoms with Gasteiger partial charge in [-0.1, -0.05) is 0 Å². The lowest BCUT2D eigenvalue weighted by molar-refractivity contribution is -0.140. The van der Waals surface area contributed by atoms with Crippen LogP contribution < -0.4 is 9.64 Å². The number of esters is 1. The Labute approximate surface area is 113 Å². The van der Waals surface area contributed by atoms with Crippen molar-refractivity contribution in [3.05, 3.63) is 11.8 Å². The Balaban J connectivity index is 2.60. The molecule has 0 bridgehead atoms. The first kappa shape index (κ1) is 15.2. The molecule has 0 radical (unpaired) electrons. The van der Waals surface area contributed by atoms with E-state index in [2.05, 4.69) is 14.7 Å². The minimum atomic E-state index is -0.200. The molecule has 0 unspecified atom stereocenters. The third-order valence-electron chi connectivity index (χ3n) is 2.55. The Morgan fingerprint density at radius 1 is 1.42 bits per heavy atom. The third kappa shape index (κ3) is 5.11. The predicted octanol–water partition coefficient (Wildman–Crippen LogP) is 1.57. The molecule has 0 aromatic carbocycles. The van der Waals surface area contributed by atoms with E-state index in [1.165, 1.54) is 7.11 Å². The van der Waals surface area contributed by atoms with Crippen molar-refractivity contribution in [2.75, 3.05) is 32.2 Å². The van der Waals surface area contributed by atoms with Crippen LogP contribution in [0.15, 0.2) is 6.07 Å². The highest BCUT2D eigenvalue weighted by Gasteiger charge is 2.09. The second-order valence-electron chi connectivity index (χ2n) is 4.18. The molecule has 1 rings (SSSR count). The van der Waals surface area contributed by atoms with E-state index >= 15 is 0 Å². The van der Waals surface area contributed by atoms with Crippen LogP contribution in [-0.4, -0.2) is 43.2 Å². The van der Waals surface area contributed by atoms with Crippen LogP contribution in [0.4, 0.5) is 5.95 Å². The van der Waals surface area contributed by atoms with Gasteiger partial charge in [-0.05, 0) is 20.3 Å². The Bertz CT molecular complexity index is 424. The molecule has 1 aromatic rings. The van der Waals surface area contributed by atoms with Crippen molar-refractivity contribution < 1.29 is 14.3 Å². The fourth-order valence-electron chi connectivity index (χ4n) is 1.58. The molecular formula is C13H21N3O3. The zero-order valence-electron chi connectivity index (χ0n) is 12.0. The first-order chi connectivity index (χ1) is 9.06. The van der Waals surface area contributed by atoms with Gasteiger partial charge in [0.15, 0.2) is 0 Å². The topological polar surface area (TPSA) is 64.5 Å². The highest BCUT2D eigenvalue weighted by atomic mass is 16.5. The largest absolute Gasteiger partial charge is 0.478 e. The molecule has 0 aliphatic carbocycles.